The Hall–Kier alpha value is -0.570. The molecule has 0 spiro atoms. The molecule has 0 aromatic carbocycles. The summed E-state index contributed by atoms with van der Waals surface area (Å²) < 4.78 is 0. The lowest BCUT2D eigenvalue weighted by Gasteiger charge is -2.24. The van der Waals surface area contributed by atoms with E-state index in [0.29, 0.717) is 30.6 Å². The van der Waals surface area contributed by atoms with E-state index in [1.807, 2.05) is 0 Å². The summed E-state index contributed by atoms with van der Waals surface area (Å²) in [5.74, 6) is 1.49. The molecule has 2 atom stereocenters. The van der Waals surface area contributed by atoms with E-state index in [1.165, 1.54) is 0 Å². The van der Waals surface area contributed by atoms with Crippen LogP contribution in [0, 0.1) is 17.8 Å². The van der Waals surface area contributed by atoms with Crippen molar-refractivity contribution in [1.29, 1.82) is 0 Å². The molecule has 0 rings (SSSR count). The molecule has 0 aromatic heterocycles. The van der Waals surface area contributed by atoms with Crippen LogP contribution >= 0.6 is 0 Å². The fraction of sp³-hybridized carbons (Fsp3) is 0.929. The zero-order valence-corrected chi connectivity index (χ0v) is 12.0. The Balaban J connectivity index is 4.21. The molecule has 0 bridgehead atoms. The average molecular weight is 243 g/mol. The fourth-order valence-electron chi connectivity index (χ4n) is 2.07. The molecule has 0 aliphatic rings. The Kier molecular flexibility index (Phi) is 8.23. The molecule has 0 fully saturated rings. The number of aliphatic hydroxyl groups is 1. The van der Waals surface area contributed by atoms with Gasteiger partial charge in [-0.15, -0.1) is 0 Å². The first kappa shape index (κ1) is 16.4. The molecule has 0 aliphatic heterocycles. The minimum atomic E-state index is 0.0946. The highest BCUT2D eigenvalue weighted by Gasteiger charge is 2.19. The van der Waals surface area contributed by atoms with E-state index in [9.17, 15) is 4.79 Å². The first-order valence-electron chi connectivity index (χ1n) is 6.82. The minimum absolute atomic E-state index is 0.0946. The lowest BCUT2D eigenvalue weighted by Crippen LogP contribution is -2.40. The molecule has 0 aliphatic carbocycles. The first-order valence-corrected chi connectivity index (χ1v) is 6.82. The van der Waals surface area contributed by atoms with E-state index in [4.69, 9.17) is 5.11 Å². The third kappa shape index (κ3) is 6.67. The summed E-state index contributed by atoms with van der Waals surface area (Å²) in [5, 5.41) is 12.0. The molecule has 3 nitrogen and oxygen atoms in total. The highest BCUT2D eigenvalue weighted by molar-refractivity contribution is 5.76. The SMILES string of the molecule is CCC(CC(=O)NC(CCO)C(C)C)C(C)C. The molecule has 102 valence electrons. The van der Waals surface area contributed by atoms with E-state index in [1.54, 1.807) is 0 Å². The monoisotopic (exact) mass is 243 g/mol. The molecule has 0 aromatic rings. The summed E-state index contributed by atoms with van der Waals surface area (Å²) >= 11 is 0. The normalized spacial score (nSPS) is 15.1. The van der Waals surface area contributed by atoms with E-state index < -0.39 is 0 Å². The van der Waals surface area contributed by atoms with Crippen molar-refractivity contribution >= 4 is 5.91 Å². The van der Waals surface area contributed by atoms with Gasteiger partial charge in [0.1, 0.15) is 0 Å². The number of hydrogen-bond acceptors (Lipinski definition) is 2. The zero-order valence-electron chi connectivity index (χ0n) is 12.0. The summed E-state index contributed by atoms with van der Waals surface area (Å²) in [5.41, 5.74) is 0. The molecule has 0 heterocycles. The van der Waals surface area contributed by atoms with Crippen molar-refractivity contribution in [2.24, 2.45) is 17.8 Å². The maximum absolute atomic E-state index is 11.9. The van der Waals surface area contributed by atoms with Gasteiger partial charge in [-0.1, -0.05) is 41.0 Å². The van der Waals surface area contributed by atoms with Gasteiger partial charge in [0.25, 0.3) is 0 Å². The molecular formula is C14H29NO2. The number of hydrogen-bond donors (Lipinski definition) is 2. The molecule has 2 unspecified atom stereocenters. The molecule has 2 N–H and O–H groups in total. The van der Waals surface area contributed by atoms with Crippen LogP contribution in [-0.2, 0) is 4.79 Å². The Labute approximate surface area is 106 Å². The van der Waals surface area contributed by atoms with Crippen LogP contribution in [0.4, 0.5) is 0 Å². The molecule has 3 heteroatoms. The summed E-state index contributed by atoms with van der Waals surface area (Å²) in [4.78, 5) is 11.9. The maximum atomic E-state index is 11.9. The second kappa shape index (κ2) is 8.51. The Bertz CT molecular complexity index is 214. The Morgan fingerprint density at radius 1 is 1.18 bits per heavy atom. The number of aliphatic hydroxyl groups excluding tert-OH is 1. The van der Waals surface area contributed by atoms with Gasteiger partial charge >= 0.3 is 0 Å². The van der Waals surface area contributed by atoms with Gasteiger partial charge in [-0.25, -0.2) is 0 Å². The zero-order chi connectivity index (χ0) is 13.4. The van der Waals surface area contributed by atoms with Crippen LogP contribution in [-0.4, -0.2) is 23.7 Å². The van der Waals surface area contributed by atoms with Gasteiger partial charge in [0.2, 0.25) is 5.91 Å². The van der Waals surface area contributed by atoms with E-state index in [0.717, 1.165) is 6.42 Å². The van der Waals surface area contributed by atoms with Crippen molar-refractivity contribution in [3.8, 4) is 0 Å². The lowest BCUT2D eigenvalue weighted by molar-refractivity contribution is -0.123. The van der Waals surface area contributed by atoms with Crippen LogP contribution in [0.25, 0.3) is 0 Å². The van der Waals surface area contributed by atoms with Gasteiger partial charge in [0.05, 0.1) is 0 Å². The summed E-state index contributed by atoms with van der Waals surface area (Å²) in [6.07, 6.45) is 2.28. The van der Waals surface area contributed by atoms with Crippen molar-refractivity contribution in [1.82, 2.24) is 5.32 Å². The van der Waals surface area contributed by atoms with Gasteiger partial charge in [-0.3, -0.25) is 4.79 Å². The maximum Gasteiger partial charge on any atom is 0.220 e. The first-order chi connectivity index (χ1) is 7.92. The molecule has 17 heavy (non-hydrogen) atoms. The standard InChI is InChI=1S/C14H29NO2/c1-6-12(10(2)3)9-14(17)15-13(7-8-16)11(4)5/h10-13,16H,6-9H2,1-5H3,(H,15,17). The van der Waals surface area contributed by atoms with Crippen LogP contribution in [0.1, 0.15) is 53.9 Å². The molecular weight excluding hydrogens is 214 g/mol. The molecule has 0 radical (unpaired) electrons. The topological polar surface area (TPSA) is 49.3 Å². The van der Waals surface area contributed by atoms with Gasteiger partial charge < -0.3 is 10.4 Å². The van der Waals surface area contributed by atoms with Gasteiger partial charge in [0.15, 0.2) is 0 Å². The number of carbonyl (C=O) groups excluding carboxylic acids is 1. The van der Waals surface area contributed by atoms with Crippen molar-refractivity contribution < 1.29 is 9.90 Å². The van der Waals surface area contributed by atoms with Crippen molar-refractivity contribution in [2.45, 2.75) is 59.9 Å². The molecule has 0 saturated carbocycles. The fourth-order valence-corrected chi connectivity index (χ4v) is 2.07. The van der Waals surface area contributed by atoms with Crippen molar-refractivity contribution in [3.05, 3.63) is 0 Å². The third-order valence-corrected chi connectivity index (χ3v) is 3.51. The second-order valence-electron chi connectivity index (χ2n) is 5.55. The number of carbonyl (C=O) groups is 1. The Morgan fingerprint density at radius 2 is 1.76 bits per heavy atom. The third-order valence-electron chi connectivity index (χ3n) is 3.51. The smallest absolute Gasteiger partial charge is 0.220 e. The van der Waals surface area contributed by atoms with Crippen LogP contribution in [0.3, 0.4) is 0 Å². The lowest BCUT2D eigenvalue weighted by atomic mass is 9.89. The minimum Gasteiger partial charge on any atom is -0.396 e. The predicted octanol–water partition coefficient (Wildman–Crippen LogP) is 2.58. The van der Waals surface area contributed by atoms with Crippen molar-refractivity contribution in [3.63, 3.8) is 0 Å². The molecule has 0 saturated heterocycles. The van der Waals surface area contributed by atoms with E-state index >= 15 is 0 Å². The predicted molar refractivity (Wildman–Crippen MR) is 71.7 cm³/mol. The van der Waals surface area contributed by atoms with Crippen LogP contribution in [0.2, 0.25) is 0 Å². The van der Waals surface area contributed by atoms with Gasteiger partial charge in [-0.05, 0) is 24.2 Å². The number of amides is 1. The number of nitrogens with one attached hydrogen (secondary N) is 1. The summed E-state index contributed by atoms with van der Waals surface area (Å²) in [7, 11) is 0. The van der Waals surface area contributed by atoms with E-state index in [2.05, 4.69) is 39.9 Å². The Morgan fingerprint density at radius 3 is 2.12 bits per heavy atom. The van der Waals surface area contributed by atoms with Crippen molar-refractivity contribution in [2.75, 3.05) is 6.61 Å². The quantitative estimate of drug-likeness (QED) is 0.688. The van der Waals surface area contributed by atoms with Gasteiger partial charge in [0, 0.05) is 19.1 Å². The molecule has 1 amide bonds. The largest absolute Gasteiger partial charge is 0.396 e. The second-order valence-corrected chi connectivity index (χ2v) is 5.55. The average Bonchev–Trinajstić information content (AvgIpc) is 2.24. The highest BCUT2D eigenvalue weighted by atomic mass is 16.3. The van der Waals surface area contributed by atoms with Gasteiger partial charge in [-0.2, -0.15) is 0 Å². The summed E-state index contributed by atoms with van der Waals surface area (Å²) in [6, 6.07) is 0.0946. The summed E-state index contributed by atoms with van der Waals surface area (Å²) in [6.45, 7) is 10.7. The number of rotatable bonds is 8. The van der Waals surface area contributed by atoms with Crippen LogP contribution < -0.4 is 5.32 Å². The van der Waals surface area contributed by atoms with E-state index in [-0.39, 0.29) is 18.6 Å². The highest BCUT2D eigenvalue weighted by Crippen LogP contribution is 2.19. The van der Waals surface area contributed by atoms with Crippen LogP contribution in [0.15, 0.2) is 0 Å². The van der Waals surface area contributed by atoms with Crippen LogP contribution in [0.5, 0.6) is 0 Å².